The molecule has 0 saturated carbocycles. The molecular weight excluding hydrogens is 172 g/mol. The van der Waals surface area contributed by atoms with Crippen molar-refractivity contribution in [1.82, 2.24) is 0 Å². The summed E-state index contributed by atoms with van der Waals surface area (Å²) in [6.45, 7) is 3.93. The summed E-state index contributed by atoms with van der Waals surface area (Å²) in [5.41, 5.74) is 0. The molecule has 0 amide bonds. The maximum Gasteiger partial charge on any atom is 0.309 e. The van der Waals surface area contributed by atoms with Gasteiger partial charge in [-0.2, -0.15) is 0 Å². The van der Waals surface area contributed by atoms with Gasteiger partial charge in [-0.3, -0.25) is 9.59 Å². The Morgan fingerprint density at radius 3 is 2.38 bits per heavy atom. The number of carboxylic acid groups (broad SMARTS) is 1. The van der Waals surface area contributed by atoms with E-state index in [1.54, 1.807) is 6.92 Å². The van der Waals surface area contributed by atoms with Crippen LogP contribution in [-0.2, 0) is 14.3 Å². The Bertz CT molecular complexity index is 176. The van der Waals surface area contributed by atoms with Gasteiger partial charge in [0, 0.05) is 0 Å². The van der Waals surface area contributed by atoms with Gasteiger partial charge in [-0.1, -0.05) is 13.3 Å². The zero-order valence-corrected chi connectivity index (χ0v) is 8.08. The van der Waals surface area contributed by atoms with Crippen molar-refractivity contribution in [2.75, 3.05) is 6.61 Å². The molecule has 0 fully saturated rings. The summed E-state index contributed by atoms with van der Waals surface area (Å²) in [6, 6.07) is 0. The Balaban J connectivity index is 4.06. The molecule has 0 aliphatic carbocycles. The normalized spacial score (nSPS) is 12.2. The minimum absolute atomic E-state index is 0.132. The van der Waals surface area contributed by atoms with Crippen LogP contribution in [0.15, 0.2) is 0 Å². The van der Waals surface area contributed by atoms with Crippen molar-refractivity contribution in [2.45, 2.75) is 33.1 Å². The highest BCUT2D eigenvalue weighted by atomic mass is 16.5. The van der Waals surface area contributed by atoms with Crippen molar-refractivity contribution in [3.05, 3.63) is 0 Å². The molecule has 76 valence electrons. The first-order valence-electron chi connectivity index (χ1n) is 4.50. The number of carboxylic acids is 1. The molecule has 13 heavy (non-hydrogen) atoms. The van der Waals surface area contributed by atoms with Crippen LogP contribution in [0.25, 0.3) is 0 Å². The molecule has 0 aliphatic heterocycles. The zero-order valence-electron chi connectivity index (χ0n) is 8.08. The second-order valence-corrected chi connectivity index (χ2v) is 2.84. The van der Waals surface area contributed by atoms with Crippen LogP contribution >= 0.6 is 0 Å². The molecule has 0 aromatic heterocycles. The summed E-state index contributed by atoms with van der Waals surface area (Å²) >= 11 is 0. The Kier molecular flexibility index (Phi) is 5.93. The summed E-state index contributed by atoms with van der Waals surface area (Å²) in [5.74, 6) is -1.83. The largest absolute Gasteiger partial charge is 0.481 e. The van der Waals surface area contributed by atoms with Gasteiger partial charge >= 0.3 is 11.9 Å². The number of hydrogen-bond acceptors (Lipinski definition) is 3. The molecule has 0 bridgehead atoms. The quantitative estimate of drug-likeness (QED) is 0.640. The average Bonchev–Trinajstić information content (AvgIpc) is 2.03. The number of carbonyl (C=O) groups is 2. The Hall–Kier alpha value is -1.06. The van der Waals surface area contributed by atoms with Gasteiger partial charge in [-0.05, 0) is 13.3 Å². The lowest BCUT2D eigenvalue weighted by molar-refractivity contribution is -0.152. The average molecular weight is 188 g/mol. The van der Waals surface area contributed by atoms with Crippen molar-refractivity contribution in [2.24, 2.45) is 5.92 Å². The fourth-order valence-electron chi connectivity index (χ4n) is 1.12. The second-order valence-electron chi connectivity index (χ2n) is 2.84. The van der Waals surface area contributed by atoms with Crippen LogP contribution in [0.3, 0.4) is 0 Å². The van der Waals surface area contributed by atoms with Crippen molar-refractivity contribution < 1.29 is 19.4 Å². The number of rotatable bonds is 6. The molecule has 0 aromatic carbocycles. The molecule has 0 radical (unpaired) electrons. The first-order chi connectivity index (χ1) is 6.11. The van der Waals surface area contributed by atoms with Crippen LogP contribution in [0.4, 0.5) is 0 Å². The highest BCUT2D eigenvalue weighted by Crippen LogP contribution is 2.13. The standard InChI is InChI=1S/C9H16O4/c1-3-5-7(6-8(10)11)9(12)13-4-2/h7H,3-6H2,1-2H3,(H,10,11). The Morgan fingerprint density at radius 2 is 2.00 bits per heavy atom. The SMILES string of the molecule is CCCC(CC(=O)O)C(=O)OCC. The van der Waals surface area contributed by atoms with Gasteiger partial charge in [0.15, 0.2) is 0 Å². The van der Waals surface area contributed by atoms with Crippen LogP contribution < -0.4 is 0 Å². The van der Waals surface area contributed by atoms with Gasteiger partial charge in [-0.25, -0.2) is 0 Å². The third-order valence-corrected chi connectivity index (χ3v) is 1.68. The first kappa shape index (κ1) is 11.9. The van der Waals surface area contributed by atoms with Gasteiger partial charge in [0.2, 0.25) is 0 Å². The van der Waals surface area contributed by atoms with Gasteiger partial charge < -0.3 is 9.84 Å². The monoisotopic (exact) mass is 188 g/mol. The van der Waals surface area contributed by atoms with Gasteiger partial charge in [-0.15, -0.1) is 0 Å². The number of hydrogen-bond donors (Lipinski definition) is 1. The van der Waals surface area contributed by atoms with Crippen LogP contribution in [0.5, 0.6) is 0 Å². The van der Waals surface area contributed by atoms with Crippen LogP contribution in [0, 0.1) is 5.92 Å². The van der Waals surface area contributed by atoms with Crippen LogP contribution in [0.1, 0.15) is 33.1 Å². The maximum absolute atomic E-state index is 11.2. The molecule has 0 heterocycles. The van der Waals surface area contributed by atoms with Crippen molar-refractivity contribution in [3.63, 3.8) is 0 Å². The van der Waals surface area contributed by atoms with Crippen LogP contribution in [-0.4, -0.2) is 23.7 Å². The minimum Gasteiger partial charge on any atom is -0.481 e. The highest BCUT2D eigenvalue weighted by molar-refractivity contribution is 5.78. The fraction of sp³-hybridized carbons (Fsp3) is 0.778. The predicted octanol–water partition coefficient (Wildman–Crippen LogP) is 1.44. The van der Waals surface area contributed by atoms with E-state index in [4.69, 9.17) is 9.84 Å². The van der Waals surface area contributed by atoms with Gasteiger partial charge in [0.1, 0.15) is 0 Å². The lowest BCUT2D eigenvalue weighted by Gasteiger charge is -2.11. The third-order valence-electron chi connectivity index (χ3n) is 1.68. The smallest absolute Gasteiger partial charge is 0.309 e. The van der Waals surface area contributed by atoms with E-state index in [1.165, 1.54) is 0 Å². The number of ether oxygens (including phenoxy) is 1. The predicted molar refractivity (Wildman–Crippen MR) is 47.3 cm³/mol. The molecule has 1 atom stereocenters. The molecule has 4 heteroatoms. The van der Waals surface area contributed by atoms with E-state index in [1.807, 2.05) is 6.92 Å². The molecule has 0 rings (SSSR count). The Labute approximate surface area is 77.9 Å². The van der Waals surface area contributed by atoms with Gasteiger partial charge in [0.05, 0.1) is 18.9 Å². The topological polar surface area (TPSA) is 63.6 Å². The van der Waals surface area contributed by atoms with Crippen LogP contribution in [0.2, 0.25) is 0 Å². The first-order valence-corrected chi connectivity index (χ1v) is 4.50. The van der Waals surface area contributed by atoms with Crippen molar-refractivity contribution in [3.8, 4) is 0 Å². The van der Waals surface area contributed by atoms with Gasteiger partial charge in [0.25, 0.3) is 0 Å². The molecule has 4 nitrogen and oxygen atoms in total. The van der Waals surface area contributed by atoms with E-state index in [0.717, 1.165) is 6.42 Å². The molecule has 0 aliphatic rings. The number of carbonyl (C=O) groups excluding carboxylic acids is 1. The highest BCUT2D eigenvalue weighted by Gasteiger charge is 2.21. The summed E-state index contributed by atoms with van der Waals surface area (Å²) < 4.78 is 4.76. The maximum atomic E-state index is 11.2. The number of aliphatic carboxylic acids is 1. The second kappa shape index (κ2) is 6.46. The molecule has 0 spiro atoms. The lowest BCUT2D eigenvalue weighted by atomic mass is 10.0. The molecular formula is C9H16O4. The lowest BCUT2D eigenvalue weighted by Crippen LogP contribution is -2.20. The molecule has 1 unspecified atom stereocenters. The van der Waals surface area contributed by atoms with Crippen molar-refractivity contribution >= 4 is 11.9 Å². The molecule has 0 saturated heterocycles. The zero-order chi connectivity index (χ0) is 10.3. The van der Waals surface area contributed by atoms with E-state index >= 15 is 0 Å². The Morgan fingerprint density at radius 1 is 1.38 bits per heavy atom. The van der Waals surface area contributed by atoms with E-state index in [2.05, 4.69) is 0 Å². The van der Waals surface area contributed by atoms with E-state index in [-0.39, 0.29) is 6.42 Å². The van der Waals surface area contributed by atoms with E-state index < -0.39 is 17.9 Å². The summed E-state index contributed by atoms with van der Waals surface area (Å²) in [4.78, 5) is 21.6. The van der Waals surface area contributed by atoms with Crippen molar-refractivity contribution in [1.29, 1.82) is 0 Å². The summed E-state index contributed by atoms with van der Waals surface area (Å²) in [5, 5.41) is 8.52. The summed E-state index contributed by atoms with van der Waals surface area (Å²) in [7, 11) is 0. The minimum atomic E-state index is -0.952. The molecule has 1 N–H and O–H groups in total. The fourth-order valence-corrected chi connectivity index (χ4v) is 1.12. The number of esters is 1. The third kappa shape index (κ3) is 5.22. The van der Waals surface area contributed by atoms with E-state index in [9.17, 15) is 9.59 Å². The summed E-state index contributed by atoms with van der Waals surface area (Å²) in [6.07, 6.45) is 1.23. The van der Waals surface area contributed by atoms with E-state index in [0.29, 0.717) is 13.0 Å². The molecule has 0 aromatic rings.